The number of unbranched alkanes of at least 4 members (excludes halogenated alkanes) is 6. The van der Waals surface area contributed by atoms with Gasteiger partial charge in [-0.25, -0.2) is 0 Å². The molecule has 0 aliphatic rings. The first-order valence-corrected chi connectivity index (χ1v) is 8.61. The van der Waals surface area contributed by atoms with Gasteiger partial charge in [-0.2, -0.15) is 4.52 Å². The third-order valence-corrected chi connectivity index (χ3v) is 4.11. The fourth-order valence-corrected chi connectivity index (χ4v) is 2.83. The molecule has 0 fully saturated rings. The van der Waals surface area contributed by atoms with Gasteiger partial charge < -0.3 is 4.74 Å². The average Bonchev–Trinajstić information content (AvgIpc) is 3.06. The monoisotopic (exact) mass is 312 g/mol. The van der Waals surface area contributed by atoms with Gasteiger partial charge in [0.2, 0.25) is 5.88 Å². The molecule has 5 nitrogen and oxygen atoms in total. The van der Waals surface area contributed by atoms with Crippen LogP contribution in [0.5, 0.6) is 5.88 Å². The standard InChI is InChI=1S/C18H24N4O/c1-2-3-4-5-6-7-10-13-23-18-16-12-9-8-11-15(16)17-20-19-14-22(17)21-18/h8-9,11-12,14H,2-7,10,13H2,1H3. The van der Waals surface area contributed by atoms with Crippen LogP contribution in [-0.4, -0.2) is 26.4 Å². The topological polar surface area (TPSA) is 52.3 Å². The highest BCUT2D eigenvalue weighted by molar-refractivity contribution is 5.96. The molecule has 0 amide bonds. The first-order valence-electron chi connectivity index (χ1n) is 8.61. The Kier molecular flexibility index (Phi) is 5.40. The number of nitrogens with zero attached hydrogens (tertiary/aromatic N) is 4. The fraction of sp³-hybridized carbons (Fsp3) is 0.500. The summed E-state index contributed by atoms with van der Waals surface area (Å²) in [6, 6.07) is 8.05. The summed E-state index contributed by atoms with van der Waals surface area (Å²) in [7, 11) is 0. The highest BCUT2D eigenvalue weighted by atomic mass is 16.5. The second-order valence-corrected chi connectivity index (χ2v) is 5.92. The van der Waals surface area contributed by atoms with E-state index in [0.29, 0.717) is 12.5 Å². The first kappa shape index (κ1) is 15.7. The zero-order valence-electron chi connectivity index (χ0n) is 13.7. The van der Waals surface area contributed by atoms with Crippen molar-refractivity contribution in [3.63, 3.8) is 0 Å². The minimum atomic E-state index is 0.666. The summed E-state index contributed by atoms with van der Waals surface area (Å²) < 4.78 is 7.62. The molecule has 1 aromatic carbocycles. The van der Waals surface area contributed by atoms with E-state index in [1.165, 1.54) is 38.5 Å². The molecular formula is C18H24N4O. The predicted molar refractivity (Wildman–Crippen MR) is 91.8 cm³/mol. The zero-order valence-corrected chi connectivity index (χ0v) is 13.7. The quantitative estimate of drug-likeness (QED) is 0.549. The maximum Gasteiger partial charge on any atom is 0.239 e. The average molecular weight is 312 g/mol. The molecule has 0 saturated carbocycles. The Morgan fingerprint density at radius 1 is 0.957 bits per heavy atom. The van der Waals surface area contributed by atoms with Crippen LogP contribution in [0, 0.1) is 0 Å². The van der Waals surface area contributed by atoms with Crippen molar-refractivity contribution in [1.82, 2.24) is 19.8 Å². The highest BCUT2D eigenvalue weighted by Crippen LogP contribution is 2.25. The van der Waals surface area contributed by atoms with E-state index in [1.54, 1.807) is 10.8 Å². The Morgan fingerprint density at radius 2 is 1.70 bits per heavy atom. The molecule has 2 heterocycles. The number of hydrogen-bond acceptors (Lipinski definition) is 4. The van der Waals surface area contributed by atoms with Gasteiger partial charge >= 0.3 is 0 Å². The van der Waals surface area contributed by atoms with Crippen LogP contribution >= 0.6 is 0 Å². The van der Waals surface area contributed by atoms with Crippen LogP contribution in [0.3, 0.4) is 0 Å². The minimum Gasteiger partial charge on any atom is -0.476 e. The highest BCUT2D eigenvalue weighted by Gasteiger charge is 2.10. The molecule has 0 radical (unpaired) electrons. The summed E-state index contributed by atoms with van der Waals surface area (Å²) >= 11 is 0. The lowest BCUT2D eigenvalue weighted by Crippen LogP contribution is -2.03. The van der Waals surface area contributed by atoms with Crippen LogP contribution in [0.4, 0.5) is 0 Å². The van der Waals surface area contributed by atoms with Crippen molar-refractivity contribution in [1.29, 1.82) is 0 Å². The third-order valence-electron chi connectivity index (χ3n) is 4.11. The molecule has 0 spiro atoms. The minimum absolute atomic E-state index is 0.666. The fourth-order valence-electron chi connectivity index (χ4n) is 2.83. The molecule has 0 N–H and O–H groups in total. The van der Waals surface area contributed by atoms with Gasteiger partial charge in [0.25, 0.3) is 0 Å². The molecular weight excluding hydrogens is 288 g/mol. The second kappa shape index (κ2) is 7.90. The lowest BCUT2D eigenvalue weighted by molar-refractivity contribution is 0.293. The van der Waals surface area contributed by atoms with Gasteiger partial charge in [0.15, 0.2) is 5.65 Å². The molecule has 3 rings (SSSR count). The van der Waals surface area contributed by atoms with Gasteiger partial charge in [0, 0.05) is 10.8 Å². The van der Waals surface area contributed by atoms with Gasteiger partial charge in [0.05, 0.1) is 6.61 Å². The number of rotatable bonds is 9. The van der Waals surface area contributed by atoms with Crippen LogP contribution in [0.2, 0.25) is 0 Å². The van der Waals surface area contributed by atoms with E-state index in [9.17, 15) is 0 Å². The Labute approximate surface area is 136 Å². The lowest BCUT2D eigenvalue weighted by atomic mass is 10.1. The van der Waals surface area contributed by atoms with Gasteiger partial charge in [-0.3, -0.25) is 0 Å². The van der Waals surface area contributed by atoms with E-state index in [4.69, 9.17) is 4.74 Å². The largest absolute Gasteiger partial charge is 0.476 e. The smallest absolute Gasteiger partial charge is 0.239 e. The van der Waals surface area contributed by atoms with E-state index in [-0.39, 0.29) is 0 Å². The molecule has 23 heavy (non-hydrogen) atoms. The van der Waals surface area contributed by atoms with E-state index in [2.05, 4.69) is 22.2 Å². The van der Waals surface area contributed by atoms with Crippen molar-refractivity contribution in [2.45, 2.75) is 51.9 Å². The van der Waals surface area contributed by atoms with Gasteiger partial charge in [0.1, 0.15) is 6.33 Å². The Hall–Kier alpha value is -2.17. The molecule has 122 valence electrons. The van der Waals surface area contributed by atoms with Gasteiger partial charge in [-0.15, -0.1) is 15.3 Å². The van der Waals surface area contributed by atoms with Crippen LogP contribution in [0.1, 0.15) is 51.9 Å². The summed E-state index contributed by atoms with van der Waals surface area (Å²) in [4.78, 5) is 0. The third kappa shape index (κ3) is 3.78. The van der Waals surface area contributed by atoms with Crippen LogP contribution in [-0.2, 0) is 0 Å². The maximum atomic E-state index is 5.94. The Morgan fingerprint density at radius 3 is 2.52 bits per heavy atom. The Bertz CT molecular complexity index is 753. The lowest BCUT2D eigenvalue weighted by Gasteiger charge is -2.09. The summed E-state index contributed by atoms with van der Waals surface area (Å²) in [5.74, 6) is 0.666. The predicted octanol–water partition coefficient (Wildman–Crippen LogP) is 4.41. The van der Waals surface area contributed by atoms with E-state index in [1.807, 2.05) is 24.3 Å². The number of fused-ring (bicyclic) bond motifs is 3. The molecule has 0 saturated heterocycles. The molecule has 0 bridgehead atoms. The summed E-state index contributed by atoms with van der Waals surface area (Å²) in [6.07, 6.45) is 10.5. The van der Waals surface area contributed by atoms with Gasteiger partial charge in [-0.05, 0) is 12.5 Å². The zero-order chi connectivity index (χ0) is 15.9. The molecule has 3 aromatic rings. The number of aromatic nitrogens is 4. The molecule has 0 unspecified atom stereocenters. The SMILES string of the molecule is CCCCCCCCCOc1nn2cnnc2c2ccccc12. The van der Waals surface area contributed by atoms with Crippen molar-refractivity contribution >= 4 is 16.4 Å². The van der Waals surface area contributed by atoms with Crippen molar-refractivity contribution in [2.24, 2.45) is 0 Å². The molecule has 0 atom stereocenters. The maximum absolute atomic E-state index is 5.94. The summed E-state index contributed by atoms with van der Waals surface area (Å²) in [5, 5.41) is 14.6. The number of benzene rings is 1. The van der Waals surface area contributed by atoms with Crippen LogP contribution in [0.15, 0.2) is 30.6 Å². The molecule has 2 aromatic heterocycles. The normalized spacial score (nSPS) is 11.3. The van der Waals surface area contributed by atoms with Crippen molar-refractivity contribution in [2.75, 3.05) is 6.61 Å². The van der Waals surface area contributed by atoms with Crippen molar-refractivity contribution in [3.05, 3.63) is 30.6 Å². The van der Waals surface area contributed by atoms with E-state index < -0.39 is 0 Å². The van der Waals surface area contributed by atoms with Gasteiger partial charge in [-0.1, -0.05) is 63.6 Å². The van der Waals surface area contributed by atoms with E-state index >= 15 is 0 Å². The van der Waals surface area contributed by atoms with Crippen molar-refractivity contribution < 1.29 is 4.74 Å². The molecule has 5 heteroatoms. The Balaban J connectivity index is 1.59. The number of ether oxygens (including phenoxy) is 1. The van der Waals surface area contributed by atoms with Crippen LogP contribution in [0.25, 0.3) is 16.4 Å². The summed E-state index contributed by atoms with van der Waals surface area (Å²) in [6.45, 7) is 2.95. The first-order chi connectivity index (χ1) is 11.4. The van der Waals surface area contributed by atoms with Crippen LogP contribution < -0.4 is 4.74 Å². The second-order valence-electron chi connectivity index (χ2n) is 5.92. The van der Waals surface area contributed by atoms with E-state index in [0.717, 1.165) is 22.8 Å². The number of hydrogen-bond donors (Lipinski definition) is 0. The molecule has 0 aliphatic heterocycles. The molecule has 0 aliphatic carbocycles. The summed E-state index contributed by atoms with van der Waals surface area (Å²) in [5.41, 5.74) is 0.767. The van der Waals surface area contributed by atoms with Crippen molar-refractivity contribution in [3.8, 4) is 5.88 Å².